The molecule has 0 fully saturated rings. The summed E-state index contributed by atoms with van der Waals surface area (Å²) >= 11 is 0. The summed E-state index contributed by atoms with van der Waals surface area (Å²) < 4.78 is 0. The molecule has 0 spiro atoms. The van der Waals surface area contributed by atoms with E-state index in [0.29, 0.717) is 44.5 Å². The normalized spacial score (nSPS) is 15.1. The number of benzene rings is 3. The SMILES string of the molecule is [C-]#[N+]C1=C(c2ccc3c(c2)/C(=C(\C#N)[N+]#[C-])c2ccccc2-3)/C(=C(/C#N)[N+]#[C-])c2cc(C#N)ccc21. The van der Waals surface area contributed by atoms with E-state index in [1.807, 2.05) is 54.6 Å². The summed E-state index contributed by atoms with van der Waals surface area (Å²) in [4.78, 5) is 10.6. The standard InChI is InChI=1S/C30H10N6/c1-34-25(15-32)28-21-7-5-4-6-19(21)20-11-9-18(13-24(20)28)27-29(26(16-33)35-2)23-12-17(14-31)8-10-22(23)30(27)36-3/h4-13H/b28-25+,29-26-. The fourth-order valence-electron chi connectivity index (χ4n) is 4.81. The minimum Gasteiger partial charge on any atom is -0.237 e. The van der Waals surface area contributed by atoms with Gasteiger partial charge in [-0.1, -0.05) is 42.5 Å². The van der Waals surface area contributed by atoms with Gasteiger partial charge in [-0.25, -0.2) is 25.1 Å². The van der Waals surface area contributed by atoms with Crippen LogP contribution in [0.4, 0.5) is 0 Å². The third-order valence-electron chi connectivity index (χ3n) is 6.24. The van der Waals surface area contributed by atoms with Gasteiger partial charge in [-0.2, -0.15) is 5.26 Å². The van der Waals surface area contributed by atoms with Crippen LogP contribution in [0.15, 0.2) is 72.1 Å². The quantitative estimate of drug-likeness (QED) is 0.237. The second kappa shape index (κ2) is 8.31. The monoisotopic (exact) mass is 454 g/mol. The van der Waals surface area contributed by atoms with Gasteiger partial charge >= 0.3 is 0 Å². The highest BCUT2D eigenvalue weighted by atomic mass is 14.7. The van der Waals surface area contributed by atoms with Crippen molar-refractivity contribution in [2.45, 2.75) is 0 Å². The number of hydrogen-bond donors (Lipinski definition) is 0. The lowest BCUT2D eigenvalue weighted by Gasteiger charge is -2.12. The fourth-order valence-corrected chi connectivity index (χ4v) is 4.81. The Hall–Kier alpha value is -6.18. The summed E-state index contributed by atoms with van der Waals surface area (Å²) in [6.07, 6.45) is 0. The average molecular weight is 454 g/mol. The first-order valence-electron chi connectivity index (χ1n) is 10.6. The molecule has 0 N–H and O–H groups in total. The van der Waals surface area contributed by atoms with Crippen molar-refractivity contribution in [3.8, 4) is 29.3 Å². The number of fused-ring (bicyclic) bond motifs is 4. The average Bonchev–Trinajstić information content (AvgIpc) is 3.42. The minimum absolute atomic E-state index is 0.0410. The van der Waals surface area contributed by atoms with Gasteiger partial charge in [-0.05, 0) is 68.3 Å². The Bertz CT molecular complexity index is 1860. The molecule has 0 heterocycles. The smallest absolute Gasteiger partial charge is 0.237 e. The van der Waals surface area contributed by atoms with E-state index in [4.69, 9.17) is 19.7 Å². The Kier molecular flexibility index (Phi) is 5.00. The van der Waals surface area contributed by atoms with Gasteiger partial charge in [0, 0.05) is 5.57 Å². The second-order valence-corrected chi connectivity index (χ2v) is 7.91. The Morgan fingerprint density at radius 2 is 1.25 bits per heavy atom. The van der Waals surface area contributed by atoms with Gasteiger partial charge < -0.3 is 0 Å². The van der Waals surface area contributed by atoms with E-state index in [1.165, 1.54) is 0 Å². The Labute approximate surface area is 207 Å². The molecular weight excluding hydrogens is 444 g/mol. The van der Waals surface area contributed by atoms with Gasteiger partial charge in [0.25, 0.3) is 11.4 Å². The van der Waals surface area contributed by atoms with Gasteiger partial charge in [-0.15, -0.1) is 0 Å². The molecule has 0 amide bonds. The van der Waals surface area contributed by atoms with Gasteiger partial charge in [0.15, 0.2) is 0 Å². The Morgan fingerprint density at radius 3 is 1.89 bits per heavy atom. The predicted octanol–water partition coefficient (Wildman–Crippen LogP) is 6.70. The maximum atomic E-state index is 9.75. The van der Waals surface area contributed by atoms with E-state index in [9.17, 15) is 15.8 Å². The topological polar surface area (TPSA) is 84.4 Å². The molecule has 6 heteroatoms. The minimum atomic E-state index is -0.182. The highest BCUT2D eigenvalue weighted by Gasteiger charge is 2.33. The maximum Gasteiger partial charge on any atom is 0.270 e. The van der Waals surface area contributed by atoms with Crippen LogP contribution in [0.2, 0.25) is 0 Å². The summed E-state index contributed by atoms with van der Waals surface area (Å²) in [5.74, 6) is 0. The summed E-state index contributed by atoms with van der Waals surface area (Å²) in [6, 6.07) is 23.9. The molecule has 2 aliphatic rings. The number of nitriles is 3. The van der Waals surface area contributed by atoms with Gasteiger partial charge in [0.2, 0.25) is 5.70 Å². The highest BCUT2D eigenvalue weighted by Crippen LogP contribution is 2.52. The molecule has 0 saturated heterocycles. The molecule has 3 aromatic rings. The van der Waals surface area contributed by atoms with Crippen molar-refractivity contribution in [3.63, 3.8) is 0 Å². The summed E-state index contributed by atoms with van der Waals surface area (Å²) in [5, 5.41) is 28.8. The van der Waals surface area contributed by atoms with E-state index in [2.05, 4.69) is 20.6 Å². The van der Waals surface area contributed by atoms with E-state index in [-0.39, 0.29) is 17.1 Å². The third-order valence-corrected chi connectivity index (χ3v) is 6.24. The number of hydrogen-bond acceptors (Lipinski definition) is 3. The molecule has 36 heavy (non-hydrogen) atoms. The predicted molar refractivity (Wildman–Crippen MR) is 134 cm³/mol. The first-order valence-corrected chi connectivity index (χ1v) is 10.6. The molecule has 0 saturated carbocycles. The van der Waals surface area contributed by atoms with Crippen LogP contribution < -0.4 is 0 Å². The first kappa shape index (κ1) is 21.7. The molecule has 2 aliphatic carbocycles. The van der Waals surface area contributed by atoms with E-state index in [0.717, 1.165) is 16.7 Å². The van der Waals surface area contributed by atoms with Crippen LogP contribution in [-0.4, -0.2) is 0 Å². The largest absolute Gasteiger partial charge is 0.270 e. The molecule has 6 nitrogen and oxygen atoms in total. The second-order valence-electron chi connectivity index (χ2n) is 7.91. The zero-order valence-electron chi connectivity index (χ0n) is 18.5. The maximum absolute atomic E-state index is 9.75. The van der Waals surface area contributed by atoms with Crippen molar-refractivity contribution in [1.82, 2.24) is 0 Å². The van der Waals surface area contributed by atoms with Crippen molar-refractivity contribution in [2.24, 2.45) is 0 Å². The molecule has 5 rings (SSSR count). The van der Waals surface area contributed by atoms with Gasteiger partial charge in [0.1, 0.15) is 0 Å². The van der Waals surface area contributed by atoms with Crippen LogP contribution in [0.5, 0.6) is 0 Å². The van der Waals surface area contributed by atoms with E-state index < -0.39 is 0 Å². The molecule has 0 aliphatic heterocycles. The van der Waals surface area contributed by atoms with Crippen LogP contribution >= 0.6 is 0 Å². The molecule has 160 valence electrons. The zero-order valence-corrected chi connectivity index (χ0v) is 18.5. The van der Waals surface area contributed by atoms with Crippen LogP contribution in [0.25, 0.3) is 48.1 Å². The summed E-state index contributed by atoms with van der Waals surface area (Å²) in [7, 11) is 0. The molecule has 0 unspecified atom stereocenters. The van der Waals surface area contributed by atoms with Gasteiger partial charge in [-0.3, -0.25) is 0 Å². The van der Waals surface area contributed by atoms with E-state index >= 15 is 0 Å². The Morgan fingerprint density at radius 1 is 0.639 bits per heavy atom. The number of nitrogens with zero attached hydrogens (tertiary/aromatic N) is 6. The van der Waals surface area contributed by atoms with Crippen molar-refractivity contribution in [3.05, 3.63) is 140 Å². The van der Waals surface area contributed by atoms with Crippen molar-refractivity contribution < 1.29 is 0 Å². The van der Waals surface area contributed by atoms with Crippen molar-refractivity contribution in [1.29, 1.82) is 15.8 Å². The molecular formula is C30H10N6. The van der Waals surface area contributed by atoms with Crippen LogP contribution in [0.3, 0.4) is 0 Å². The highest BCUT2D eigenvalue weighted by molar-refractivity contribution is 6.24. The summed E-state index contributed by atoms with van der Waals surface area (Å²) in [5.41, 5.74) is 6.45. The number of allylic oxidation sites excluding steroid dienone is 4. The lowest BCUT2D eigenvalue weighted by molar-refractivity contribution is 1.46. The first-order chi connectivity index (χ1) is 17.6. The molecule has 3 aromatic carbocycles. The lowest BCUT2D eigenvalue weighted by atomic mass is 9.91. The fraction of sp³-hybridized carbons (Fsp3) is 0. The van der Waals surface area contributed by atoms with Gasteiger partial charge in [0.05, 0.1) is 43.5 Å². The number of rotatable bonds is 1. The molecule has 0 atom stereocenters. The van der Waals surface area contributed by atoms with E-state index in [1.54, 1.807) is 18.2 Å². The summed E-state index contributed by atoms with van der Waals surface area (Å²) in [6.45, 7) is 23.0. The Balaban J connectivity index is 1.86. The van der Waals surface area contributed by atoms with Crippen LogP contribution in [0.1, 0.15) is 33.4 Å². The van der Waals surface area contributed by atoms with Crippen LogP contribution in [0, 0.1) is 53.7 Å². The van der Waals surface area contributed by atoms with Crippen LogP contribution in [-0.2, 0) is 0 Å². The third kappa shape index (κ3) is 2.92. The van der Waals surface area contributed by atoms with Crippen molar-refractivity contribution >= 4 is 22.4 Å². The lowest BCUT2D eigenvalue weighted by Crippen LogP contribution is -1.93. The van der Waals surface area contributed by atoms with Crippen molar-refractivity contribution in [2.75, 3.05) is 0 Å². The molecule has 0 radical (unpaired) electrons. The molecule has 0 bridgehead atoms. The zero-order chi connectivity index (χ0) is 25.4. The molecule has 0 aromatic heterocycles.